The number of carbonyl (C=O) groups excluding carboxylic acids is 2. The van der Waals surface area contributed by atoms with E-state index in [2.05, 4.69) is 13.0 Å². The molecular formula is C20H26O3. The number of ether oxygens (including phenoxy) is 1. The molecule has 23 heavy (non-hydrogen) atoms. The zero-order chi connectivity index (χ0) is 15.8. The topological polar surface area (TPSA) is 43.4 Å². The van der Waals surface area contributed by atoms with E-state index < -0.39 is 0 Å². The second kappa shape index (κ2) is 4.56. The second-order valence-electron chi connectivity index (χ2n) is 9.07. The first-order valence-corrected chi connectivity index (χ1v) is 9.38. The second-order valence-corrected chi connectivity index (χ2v) is 9.07. The van der Waals surface area contributed by atoms with Crippen LogP contribution in [0.3, 0.4) is 0 Å². The summed E-state index contributed by atoms with van der Waals surface area (Å²) in [7, 11) is 0. The van der Waals surface area contributed by atoms with Crippen molar-refractivity contribution in [3.63, 3.8) is 0 Å². The van der Waals surface area contributed by atoms with Gasteiger partial charge in [0.05, 0.1) is 13.2 Å². The van der Waals surface area contributed by atoms with Gasteiger partial charge in [0.1, 0.15) is 5.78 Å². The Morgan fingerprint density at radius 1 is 1.22 bits per heavy atom. The lowest BCUT2D eigenvalue weighted by molar-refractivity contribution is -0.189. The Kier molecular flexibility index (Phi) is 2.85. The molecule has 0 amide bonds. The maximum absolute atomic E-state index is 12.4. The van der Waals surface area contributed by atoms with Crippen molar-refractivity contribution in [1.82, 2.24) is 0 Å². The molecule has 7 unspecified atom stereocenters. The van der Waals surface area contributed by atoms with E-state index in [0.717, 1.165) is 38.7 Å². The number of hydrogen-bond acceptors (Lipinski definition) is 3. The summed E-state index contributed by atoms with van der Waals surface area (Å²) in [6.07, 6.45) is 10.4. The minimum Gasteiger partial charge on any atom is -0.380 e. The predicted octanol–water partition coefficient (Wildman–Crippen LogP) is 3.18. The first kappa shape index (κ1) is 14.4. The minimum absolute atomic E-state index is 0.146. The third-order valence-electron chi connectivity index (χ3n) is 8.33. The summed E-state index contributed by atoms with van der Waals surface area (Å²) < 4.78 is 5.97. The standard InChI is InChI=1S/C20H26O3/c1-19-7-6-16-14(15(19)4-5-18(19)22)3-2-13-8-17(21)12-9-20(13,16)11-23-10-12/h4-5,12-16H,2-3,6-11H2,1H3. The molecule has 124 valence electrons. The van der Waals surface area contributed by atoms with Crippen LogP contribution in [0.1, 0.15) is 45.4 Å². The van der Waals surface area contributed by atoms with Crippen LogP contribution in [0.25, 0.3) is 0 Å². The summed E-state index contributed by atoms with van der Waals surface area (Å²) in [5.41, 5.74) is 0.0740. The van der Waals surface area contributed by atoms with E-state index in [1.807, 2.05) is 6.08 Å². The van der Waals surface area contributed by atoms with Gasteiger partial charge in [-0.2, -0.15) is 0 Å². The zero-order valence-electron chi connectivity index (χ0n) is 13.9. The van der Waals surface area contributed by atoms with Gasteiger partial charge in [-0.05, 0) is 61.9 Å². The van der Waals surface area contributed by atoms with E-state index in [1.54, 1.807) is 0 Å². The van der Waals surface area contributed by atoms with Gasteiger partial charge in [0.25, 0.3) is 0 Å². The third kappa shape index (κ3) is 1.70. The van der Waals surface area contributed by atoms with E-state index in [9.17, 15) is 9.59 Å². The summed E-state index contributed by atoms with van der Waals surface area (Å²) in [5.74, 6) is 3.14. The van der Waals surface area contributed by atoms with Gasteiger partial charge in [-0.15, -0.1) is 0 Å². The van der Waals surface area contributed by atoms with Gasteiger partial charge in [-0.3, -0.25) is 9.59 Å². The van der Waals surface area contributed by atoms with Gasteiger partial charge >= 0.3 is 0 Å². The van der Waals surface area contributed by atoms with Crippen LogP contribution in [0.5, 0.6) is 0 Å². The van der Waals surface area contributed by atoms with E-state index in [4.69, 9.17) is 4.74 Å². The van der Waals surface area contributed by atoms with Crippen molar-refractivity contribution in [2.45, 2.75) is 45.4 Å². The molecule has 0 radical (unpaired) electrons. The SMILES string of the molecule is CC12CCC3C(CCC4CC(=O)C5COCC43C5)C1C=CC2=O. The predicted molar refractivity (Wildman–Crippen MR) is 85.7 cm³/mol. The van der Waals surface area contributed by atoms with Crippen LogP contribution in [-0.4, -0.2) is 24.8 Å². The first-order valence-electron chi connectivity index (χ1n) is 9.38. The van der Waals surface area contributed by atoms with Crippen molar-refractivity contribution in [1.29, 1.82) is 0 Å². The maximum atomic E-state index is 12.4. The lowest BCUT2D eigenvalue weighted by Gasteiger charge is -2.62. The Morgan fingerprint density at radius 2 is 2.09 bits per heavy atom. The van der Waals surface area contributed by atoms with Gasteiger partial charge in [0, 0.05) is 23.2 Å². The Hall–Kier alpha value is -0.960. The van der Waals surface area contributed by atoms with Crippen LogP contribution in [-0.2, 0) is 14.3 Å². The van der Waals surface area contributed by atoms with E-state index in [1.165, 1.54) is 6.42 Å². The fourth-order valence-corrected chi connectivity index (χ4v) is 7.09. The molecule has 5 rings (SSSR count). The van der Waals surface area contributed by atoms with Crippen LogP contribution in [0.2, 0.25) is 0 Å². The molecule has 5 aliphatic rings. The van der Waals surface area contributed by atoms with Crippen LogP contribution in [0.4, 0.5) is 0 Å². The highest BCUT2D eigenvalue weighted by Gasteiger charge is 2.62. The Bertz CT molecular complexity index is 608. The number of rotatable bonds is 0. The van der Waals surface area contributed by atoms with Gasteiger partial charge in [-0.25, -0.2) is 0 Å². The molecule has 3 heteroatoms. The molecule has 0 aromatic carbocycles. The molecule has 0 N–H and O–H groups in total. The largest absolute Gasteiger partial charge is 0.380 e. The molecule has 0 aromatic rings. The highest BCUT2D eigenvalue weighted by Crippen LogP contribution is 2.65. The average molecular weight is 314 g/mol. The van der Waals surface area contributed by atoms with Crippen LogP contribution in [0, 0.1) is 40.4 Å². The first-order chi connectivity index (χ1) is 11.0. The molecule has 0 aromatic heterocycles. The third-order valence-corrected chi connectivity index (χ3v) is 8.33. The van der Waals surface area contributed by atoms with Gasteiger partial charge in [0.15, 0.2) is 5.78 Å². The highest BCUT2D eigenvalue weighted by molar-refractivity contribution is 5.97. The van der Waals surface area contributed by atoms with Crippen molar-refractivity contribution >= 4 is 11.6 Å². The summed E-state index contributed by atoms with van der Waals surface area (Å²) in [6, 6.07) is 0. The number of fused-ring (bicyclic) bond motifs is 4. The normalized spacial score (nSPS) is 54.4. The molecule has 1 heterocycles. The number of ketones is 2. The summed E-state index contributed by atoms with van der Waals surface area (Å²) in [5, 5.41) is 0. The fourth-order valence-electron chi connectivity index (χ4n) is 7.09. The Labute approximate surface area is 137 Å². The molecule has 1 aliphatic heterocycles. The molecule has 1 spiro atoms. The molecule has 3 saturated carbocycles. The van der Waals surface area contributed by atoms with E-state index in [-0.39, 0.29) is 16.7 Å². The van der Waals surface area contributed by atoms with Gasteiger partial charge < -0.3 is 4.74 Å². The number of allylic oxidation sites excluding steroid dienone is 2. The zero-order valence-corrected chi connectivity index (χ0v) is 13.9. The molecular weight excluding hydrogens is 288 g/mol. The Morgan fingerprint density at radius 3 is 2.96 bits per heavy atom. The number of Topliss-reactive ketones (excluding diaryl/α,β-unsaturated/α-hetero) is 1. The summed E-state index contributed by atoms with van der Waals surface area (Å²) in [4.78, 5) is 24.7. The summed E-state index contributed by atoms with van der Waals surface area (Å²) >= 11 is 0. The van der Waals surface area contributed by atoms with Crippen molar-refractivity contribution in [2.24, 2.45) is 40.4 Å². The molecule has 4 fully saturated rings. The molecule has 7 atom stereocenters. The fraction of sp³-hybridized carbons (Fsp3) is 0.800. The van der Waals surface area contributed by atoms with Crippen molar-refractivity contribution < 1.29 is 14.3 Å². The van der Waals surface area contributed by atoms with Gasteiger partial charge in [0.2, 0.25) is 0 Å². The monoisotopic (exact) mass is 314 g/mol. The van der Waals surface area contributed by atoms with Crippen molar-refractivity contribution in [2.75, 3.05) is 13.2 Å². The van der Waals surface area contributed by atoms with Crippen molar-refractivity contribution in [3.05, 3.63) is 12.2 Å². The molecule has 2 bridgehead atoms. The highest BCUT2D eigenvalue weighted by atomic mass is 16.5. The Balaban J connectivity index is 1.53. The van der Waals surface area contributed by atoms with E-state index >= 15 is 0 Å². The smallest absolute Gasteiger partial charge is 0.161 e. The van der Waals surface area contributed by atoms with E-state index in [0.29, 0.717) is 41.8 Å². The lowest BCUT2D eigenvalue weighted by atomic mass is 9.43. The average Bonchev–Trinajstić information content (AvgIpc) is 2.85. The maximum Gasteiger partial charge on any atom is 0.161 e. The number of hydrogen-bond donors (Lipinski definition) is 0. The minimum atomic E-state index is -0.149. The molecule has 1 saturated heterocycles. The molecule has 4 aliphatic carbocycles. The molecule has 3 nitrogen and oxygen atoms in total. The van der Waals surface area contributed by atoms with Crippen LogP contribution >= 0.6 is 0 Å². The quantitative estimate of drug-likeness (QED) is 0.690. The van der Waals surface area contributed by atoms with Crippen LogP contribution in [0.15, 0.2) is 12.2 Å². The van der Waals surface area contributed by atoms with Gasteiger partial charge in [-0.1, -0.05) is 13.0 Å². The van der Waals surface area contributed by atoms with Crippen LogP contribution < -0.4 is 0 Å². The van der Waals surface area contributed by atoms with Crippen molar-refractivity contribution in [3.8, 4) is 0 Å². The summed E-state index contributed by atoms with van der Waals surface area (Å²) in [6.45, 7) is 3.68. The lowest BCUT2D eigenvalue weighted by Crippen LogP contribution is -2.60. The number of carbonyl (C=O) groups is 2.